The van der Waals surface area contributed by atoms with E-state index in [1.807, 2.05) is 0 Å². The quantitative estimate of drug-likeness (QED) is 0.667. The molecule has 29 heavy (non-hydrogen) atoms. The van der Waals surface area contributed by atoms with Gasteiger partial charge in [-0.25, -0.2) is 4.79 Å². The Balaban J connectivity index is 1.63. The van der Waals surface area contributed by atoms with Crippen LogP contribution in [0.25, 0.3) is 10.9 Å². The Morgan fingerprint density at radius 3 is 2.93 bits per heavy atom. The number of esters is 1. The molecule has 0 unspecified atom stereocenters. The molecule has 0 saturated heterocycles. The van der Waals surface area contributed by atoms with E-state index in [4.69, 9.17) is 4.74 Å². The third-order valence-electron chi connectivity index (χ3n) is 5.21. The lowest BCUT2D eigenvalue weighted by Crippen LogP contribution is -2.23. The van der Waals surface area contributed by atoms with Crippen LogP contribution in [0.2, 0.25) is 0 Å². The van der Waals surface area contributed by atoms with Crippen LogP contribution in [0.1, 0.15) is 34.1 Å². The second-order valence-corrected chi connectivity index (χ2v) is 8.38. The number of carbonyl (C=O) groups is 2. The van der Waals surface area contributed by atoms with Gasteiger partial charge in [0.1, 0.15) is 11.5 Å². The number of ether oxygens (including phenoxy) is 1. The van der Waals surface area contributed by atoms with E-state index in [0.717, 1.165) is 29.7 Å². The second-order valence-electron chi connectivity index (χ2n) is 7.28. The zero-order valence-electron chi connectivity index (χ0n) is 16.2. The average molecular weight is 411 g/mol. The maximum Gasteiger partial charge on any atom is 0.341 e. The van der Waals surface area contributed by atoms with Crippen molar-refractivity contribution in [1.29, 1.82) is 0 Å². The van der Waals surface area contributed by atoms with Crippen molar-refractivity contribution in [2.75, 3.05) is 12.4 Å². The highest BCUT2D eigenvalue weighted by Crippen LogP contribution is 2.40. The molecular formula is C21H21N3O4S. The molecule has 1 atom stereocenters. The molecule has 150 valence electrons. The van der Waals surface area contributed by atoms with Crippen LogP contribution < -0.4 is 10.7 Å². The van der Waals surface area contributed by atoms with Gasteiger partial charge >= 0.3 is 5.97 Å². The van der Waals surface area contributed by atoms with Crippen LogP contribution in [0.5, 0.6) is 0 Å². The molecule has 7 nitrogen and oxygen atoms in total. The van der Waals surface area contributed by atoms with Crippen LogP contribution in [0.4, 0.5) is 5.00 Å². The lowest BCUT2D eigenvalue weighted by Gasteiger charge is -2.18. The molecule has 0 spiro atoms. The van der Waals surface area contributed by atoms with Crippen LogP contribution >= 0.6 is 11.3 Å². The highest BCUT2D eigenvalue weighted by molar-refractivity contribution is 7.17. The van der Waals surface area contributed by atoms with Gasteiger partial charge < -0.3 is 10.1 Å². The minimum atomic E-state index is -0.431. The first-order valence-corrected chi connectivity index (χ1v) is 10.3. The molecule has 1 aliphatic rings. The maximum atomic E-state index is 12.8. The number of anilines is 1. The number of nitrogens with zero attached hydrogens (tertiary/aromatic N) is 2. The highest BCUT2D eigenvalue weighted by atomic mass is 32.1. The van der Waals surface area contributed by atoms with Gasteiger partial charge in [-0.05, 0) is 42.9 Å². The molecule has 1 aromatic carbocycles. The smallest absolute Gasteiger partial charge is 0.341 e. The van der Waals surface area contributed by atoms with Crippen molar-refractivity contribution in [2.45, 2.75) is 32.7 Å². The van der Waals surface area contributed by atoms with Crippen molar-refractivity contribution < 1.29 is 14.3 Å². The minimum absolute atomic E-state index is 0.0691. The van der Waals surface area contributed by atoms with Gasteiger partial charge in [-0.3, -0.25) is 14.3 Å². The van der Waals surface area contributed by atoms with E-state index in [-0.39, 0.29) is 17.9 Å². The lowest BCUT2D eigenvalue weighted by atomic mass is 9.88. The van der Waals surface area contributed by atoms with Crippen molar-refractivity contribution in [1.82, 2.24) is 9.78 Å². The Morgan fingerprint density at radius 1 is 1.34 bits per heavy atom. The molecule has 0 fully saturated rings. The minimum Gasteiger partial charge on any atom is -0.465 e. The van der Waals surface area contributed by atoms with E-state index in [1.54, 1.807) is 24.3 Å². The summed E-state index contributed by atoms with van der Waals surface area (Å²) in [5, 5.41) is 7.98. The number of hydrogen-bond donors (Lipinski definition) is 1. The van der Waals surface area contributed by atoms with Gasteiger partial charge in [-0.1, -0.05) is 19.1 Å². The zero-order valence-corrected chi connectivity index (χ0v) is 17.0. The van der Waals surface area contributed by atoms with Gasteiger partial charge in [-0.2, -0.15) is 5.10 Å². The van der Waals surface area contributed by atoms with E-state index in [2.05, 4.69) is 17.3 Å². The molecule has 4 rings (SSSR count). The number of aromatic nitrogens is 2. The van der Waals surface area contributed by atoms with Crippen molar-refractivity contribution in [3.63, 3.8) is 0 Å². The number of amides is 1. The largest absolute Gasteiger partial charge is 0.465 e. The summed E-state index contributed by atoms with van der Waals surface area (Å²) in [6.45, 7) is 2.12. The van der Waals surface area contributed by atoms with Crippen LogP contribution in [-0.2, 0) is 28.9 Å². The number of thiophene rings is 1. The Labute approximate surface area is 171 Å². The molecule has 1 N–H and O–H groups in total. The maximum absolute atomic E-state index is 12.8. The molecule has 8 heteroatoms. The summed E-state index contributed by atoms with van der Waals surface area (Å²) in [6.07, 6.45) is 3.92. The van der Waals surface area contributed by atoms with E-state index in [1.165, 1.54) is 29.3 Å². The number of nitrogens with one attached hydrogen (secondary N) is 1. The Hall–Kier alpha value is -3.00. The first kappa shape index (κ1) is 19.3. The van der Waals surface area contributed by atoms with Crippen molar-refractivity contribution >= 4 is 39.1 Å². The molecule has 1 aliphatic carbocycles. The molecular weight excluding hydrogens is 390 g/mol. The van der Waals surface area contributed by atoms with Crippen LogP contribution in [-0.4, -0.2) is 28.8 Å². The van der Waals surface area contributed by atoms with Crippen LogP contribution in [0, 0.1) is 5.92 Å². The van der Waals surface area contributed by atoms with Gasteiger partial charge in [-0.15, -0.1) is 11.3 Å². The molecule has 1 amide bonds. The normalized spacial score (nSPS) is 15.7. The average Bonchev–Trinajstić information content (AvgIpc) is 3.06. The third kappa shape index (κ3) is 3.67. The highest BCUT2D eigenvalue weighted by Gasteiger charge is 2.29. The zero-order chi connectivity index (χ0) is 20.5. The summed E-state index contributed by atoms with van der Waals surface area (Å²) >= 11 is 1.44. The summed E-state index contributed by atoms with van der Waals surface area (Å²) in [6, 6.07) is 7.02. The monoisotopic (exact) mass is 411 g/mol. The first-order chi connectivity index (χ1) is 14.0. The van der Waals surface area contributed by atoms with Gasteiger partial charge in [0.2, 0.25) is 11.3 Å². The van der Waals surface area contributed by atoms with Crippen molar-refractivity contribution in [2.24, 2.45) is 5.92 Å². The Bertz CT molecular complexity index is 1160. The fraction of sp³-hybridized carbons (Fsp3) is 0.333. The van der Waals surface area contributed by atoms with Crippen LogP contribution in [0.3, 0.4) is 0 Å². The summed E-state index contributed by atoms with van der Waals surface area (Å²) in [5.74, 6) is -0.200. The molecule has 0 aliphatic heterocycles. The van der Waals surface area contributed by atoms with Gasteiger partial charge in [0.15, 0.2) is 0 Å². The predicted molar refractivity (Wildman–Crippen MR) is 111 cm³/mol. The molecule has 0 radical (unpaired) electrons. The van der Waals surface area contributed by atoms with E-state index in [9.17, 15) is 14.4 Å². The second kappa shape index (κ2) is 7.79. The van der Waals surface area contributed by atoms with E-state index >= 15 is 0 Å². The van der Waals surface area contributed by atoms with E-state index < -0.39 is 5.97 Å². The third-order valence-corrected chi connectivity index (χ3v) is 6.38. The number of benzene rings is 1. The fourth-order valence-electron chi connectivity index (χ4n) is 3.75. The number of methoxy groups -OCH3 is 1. The number of carbonyl (C=O) groups excluding carboxylic acids is 2. The fourth-order valence-corrected chi connectivity index (χ4v) is 5.16. The predicted octanol–water partition coefficient (Wildman–Crippen LogP) is 3.01. The molecule has 2 heterocycles. The summed E-state index contributed by atoms with van der Waals surface area (Å²) < 4.78 is 6.45. The summed E-state index contributed by atoms with van der Waals surface area (Å²) in [7, 11) is 1.35. The molecule has 0 saturated carbocycles. The number of para-hydroxylation sites is 1. The number of hydrogen-bond acceptors (Lipinski definition) is 6. The number of rotatable bonds is 4. The molecule has 3 aromatic rings. The summed E-state index contributed by atoms with van der Waals surface area (Å²) in [5.41, 5.74) is 1.85. The SMILES string of the molecule is COC(=O)c1c(NC(=O)Cn2ncc(=O)c3ccccc32)sc2c1CC[C@@H](C)C2. The Morgan fingerprint density at radius 2 is 2.14 bits per heavy atom. The van der Waals surface area contributed by atoms with Crippen molar-refractivity contribution in [3.05, 3.63) is 56.7 Å². The standard InChI is InChI=1S/C21H21N3O4S/c1-12-7-8-14-17(9-12)29-20(19(14)21(27)28-2)23-18(26)11-24-15-6-4-3-5-13(15)16(25)10-22-24/h3-6,10,12H,7-9,11H2,1-2H3,(H,23,26)/t12-/m1/s1. The van der Waals surface area contributed by atoms with E-state index in [0.29, 0.717) is 27.4 Å². The summed E-state index contributed by atoms with van der Waals surface area (Å²) in [4.78, 5) is 38.2. The lowest BCUT2D eigenvalue weighted by molar-refractivity contribution is -0.116. The number of fused-ring (bicyclic) bond motifs is 2. The topological polar surface area (TPSA) is 90.3 Å². The van der Waals surface area contributed by atoms with Crippen LogP contribution in [0.15, 0.2) is 35.3 Å². The van der Waals surface area contributed by atoms with Gasteiger partial charge in [0.25, 0.3) is 0 Å². The molecule has 0 bridgehead atoms. The van der Waals surface area contributed by atoms with Gasteiger partial charge in [0, 0.05) is 10.3 Å². The first-order valence-electron chi connectivity index (χ1n) is 9.45. The Kier molecular flexibility index (Phi) is 5.19. The molecule has 2 aromatic heterocycles. The van der Waals surface area contributed by atoms with Gasteiger partial charge in [0.05, 0.1) is 24.4 Å². The van der Waals surface area contributed by atoms with Crippen molar-refractivity contribution in [3.8, 4) is 0 Å².